The molecule has 160 valence electrons. The molecule has 3 aromatic carbocycles. The number of methoxy groups -OCH3 is 1. The van der Waals surface area contributed by atoms with Gasteiger partial charge < -0.3 is 15.0 Å². The summed E-state index contributed by atoms with van der Waals surface area (Å²) in [5, 5.41) is 5.10. The smallest absolute Gasteiger partial charge is 0.254 e. The quantitative estimate of drug-likeness (QED) is 0.659. The van der Waals surface area contributed by atoms with Gasteiger partial charge in [0.2, 0.25) is 5.91 Å². The lowest BCUT2D eigenvalue weighted by atomic mass is 9.94. The summed E-state index contributed by atoms with van der Waals surface area (Å²) in [4.78, 5) is 27.6. The molecule has 2 amide bonds. The predicted molar refractivity (Wildman–Crippen MR) is 122 cm³/mol. The highest BCUT2D eigenvalue weighted by Gasteiger charge is 2.28. The Kier molecular flexibility index (Phi) is 6.51. The van der Waals surface area contributed by atoms with E-state index in [0.717, 1.165) is 34.1 Å². The third-order valence-electron chi connectivity index (χ3n) is 6.06. The first-order chi connectivity index (χ1) is 15.2. The van der Waals surface area contributed by atoms with Crippen molar-refractivity contribution in [2.45, 2.75) is 19.3 Å². The van der Waals surface area contributed by atoms with Gasteiger partial charge in [0.05, 0.1) is 7.11 Å². The molecule has 31 heavy (non-hydrogen) atoms. The third-order valence-corrected chi connectivity index (χ3v) is 6.06. The Morgan fingerprint density at radius 1 is 0.968 bits per heavy atom. The number of nitrogens with one attached hydrogen (secondary N) is 1. The van der Waals surface area contributed by atoms with E-state index in [9.17, 15) is 9.59 Å². The van der Waals surface area contributed by atoms with Gasteiger partial charge >= 0.3 is 0 Å². The first-order valence-corrected chi connectivity index (χ1v) is 10.8. The van der Waals surface area contributed by atoms with Gasteiger partial charge in [-0.05, 0) is 47.7 Å². The van der Waals surface area contributed by atoms with Gasteiger partial charge in [0.1, 0.15) is 5.75 Å². The van der Waals surface area contributed by atoms with E-state index in [4.69, 9.17) is 4.74 Å². The Labute approximate surface area is 183 Å². The summed E-state index contributed by atoms with van der Waals surface area (Å²) in [6.07, 6.45) is 2.11. The molecule has 1 aliphatic heterocycles. The number of piperidine rings is 1. The Bertz CT molecular complexity index is 1070. The van der Waals surface area contributed by atoms with E-state index in [2.05, 4.69) is 5.32 Å². The van der Waals surface area contributed by atoms with Crippen LogP contribution in [0.4, 0.5) is 0 Å². The second-order valence-corrected chi connectivity index (χ2v) is 7.95. The largest absolute Gasteiger partial charge is 0.496 e. The first kappa shape index (κ1) is 20.9. The average Bonchev–Trinajstić information content (AvgIpc) is 2.83. The minimum absolute atomic E-state index is 0.0470. The van der Waals surface area contributed by atoms with E-state index in [1.54, 1.807) is 7.11 Å². The number of ether oxygens (including phenoxy) is 1. The molecule has 3 aromatic rings. The SMILES string of the molecule is COc1ccccc1CCNC(=O)C1CCN(C(=O)c2cccc3ccccc23)CC1. The zero-order valence-electron chi connectivity index (χ0n) is 17.8. The van der Waals surface area contributed by atoms with Crippen LogP contribution in [-0.4, -0.2) is 43.5 Å². The fourth-order valence-electron chi connectivity index (χ4n) is 4.30. The molecule has 1 aliphatic rings. The van der Waals surface area contributed by atoms with E-state index in [-0.39, 0.29) is 17.7 Å². The monoisotopic (exact) mass is 416 g/mol. The molecule has 0 radical (unpaired) electrons. The number of fused-ring (bicyclic) bond motifs is 1. The molecular weight excluding hydrogens is 388 g/mol. The second kappa shape index (κ2) is 9.65. The number of likely N-dealkylation sites (tertiary alicyclic amines) is 1. The van der Waals surface area contributed by atoms with Crippen molar-refractivity contribution in [3.63, 3.8) is 0 Å². The fraction of sp³-hybridized carbons (Fsp3) is 0.308. The molecular formula is C26H28N2O3. The standard InChI is InChI=1S/C26H28N2O3/c1-31-24-12-5-3-8-20(24)13-16-27-25(29)21-14-17-28(18-15-21)26(30)23-11-6-9-19-7-2-4-10-22(19)23/h2-12,21H,13-18H2,1H3,(H,27,29). The lowest BCUT2D eigenvalue weighted by molar-refractivity contribution is -0.126. The summed E-state index contributed by atoms with van der Waals surface area (Å²) in [5.41, 5.74) is 1.82. The topological polar surface area (TPSA) is 58.6 Å². The number of hydrogen-bond donors (Lipinski definition) is 1. The summed E-state index contributed by atoms with van der Waals surface area (Å²) in [5.74, 6) is 0.922. The Balaban J connectivity index is 1.30. The normalized spacial score (nSPS) is 14.4. The van der Waals surface area contributed by atoms with Crippen LogP contribution in [0.5, 0.6) is 5.75 Å². The van der Waals surface area contributed by atoms with Crippen molar-refractivity contribution < 1.29 is 14.3 Å². The molecule has 0 unspecified atom stereocenters. The van der Waals surface area contributed by atoms with E-state index in [1.807, 2.05) is 71.6 Å². The average molecular weight is 417 g/mol. The lowest BCUT2D eigenvalue weighted by Crippen LogP contribution is -2.43. The predicted octanol–water partition coefficient (Wildman–Crippen LogP) is 4.06. The van der Waals surface area contributed by atoms with Gasteiger partial charge in [-0.2, -0.15) is 0 Å². The van der Waals surface area contributed by atoms with Gasteiger partial charge in [0.25, 0.3) is 5.91 Å². The summed E-state index contributed by atoms with van der Waals surface area (Å²) in [7, 11) is 1.66. The summed E-state index contributed by atoms with van der Waals surface area (Å²) < 4.78 is 5.37. The molecule has 1 N–H and O–H groups in total. The van der Waals surface area contributed by atoms with Gasteiger partial charge in [-0.15, -0.1) is 0 Å². The Morgan fingerprint density at radius 3 is 2.48 bits per heavy atom. The highest BCUT2D eigenvalue weighted by molar-refractivity contribution is 6.07. The van der Waals surface area contributed by atoms with Crippen LogP contribution < -0.4 is 10.1 Å². The van der Waals surface area contributed by atoms with Gasteiger partial charge in [0.15, 0.2) is 0 Å². The first-order valence-electron chi connectivity index (χ1n) is 10.8. The molecule has 0 spiro atoms. The number of nitrogens with zero attached hydrogens (tertiary/aromatic N) is 1. The van der Waals surface area contributed by atoms with Crippen LogP contribution in [0.25, 0.3) is 10.8 Å². The van der Waals surface area contributed by atoms with Crippen molar-refractivity contribution in [3.05, 3.63) is 77.9 Å². The van der Waals surface area contributed by atoms with Crippen molar-refractivity contribution in [3.8, 4) is 5.75 Å². The molecule has 1 saturated heterocycles. The van der Waals surface area contributed by atoms with Crippen molar-refractivity contribution in [2.75, 3.05) is 26.7 Å². The minimum Gasteiger partial charge on any atom is -0.496 e. The molecule has 1 heterocycles. The van der Waals surface area contributed by atoms with Crippen LogP contribution in [-0.2, 0) is 11.2 Å². The van der Waals surface area contributed by atoms with Crippen LogP contribution in [0.2, 0.25) is 0 Å². The third kappa shape index (κ3) is 4.71. The molecule has 0 bridgehead atoms. The maximum atomic E-state index is 13.1. The summed E-state index contributed by atoms with van der Waals surface area (Å²) in [6.45, 7) is 1.79. The second-order valence-electron chi connectivity index (χ2n) is 7.95. The van der Waals surface area contributed by atoms with Gasteiger partial charge in [0, 0.05) is 31.1 Å². The Hall–Kier alpha value is -3.34. The number of carbonyl (C=O) groups excluding carboxylic acids is 2. The maximum Gasteiger partial charge on any atom is 0.254 e. The number of para-hydroxylation sites is 1. The van der Waals surface area contributed by atoms with E-state index in [1.165, 1.54) is 0 Å². The zero-order valence-corrected chi connectivity index (χ0v) is 17.8. The van der Waals surface area contributed by atoms with Crippen molar-refractivity contribution in [1.29, 1.82) is 0 Å². The molecule has 5 nitrogen and oxygen atoms in total. The highest BCUT2D eigenvalue weighted by Crippen LogP contribution is 2.24. The number of rotatable bonds is 6. The molecule has 5 heteroatoms. The van der Waals surface area contributed by atoms with Crippen molar-refractivity contribution in [1.82, 2.24) is 10.2 Å². The zero-order chi connectivity index (χ0) is 21.6. The minimum atomic E-state index is -0.0470. The molecule has 0 saturated carbocycles. The number of carbonyl (C=O) groups is 2. The van der Waals surface area contributed by atoms with Crippen LogP contribution >= 0.6 is 0 Å². The number of hydrogen-bond acceptors (Lipinski definition) is 3. The van der Waals surface area contributed by atoms with Crippen LogP contribution in [0.15, 0.2) is 66.7 Å². The summed E-state index contributed by atoms with van der Waals surface area (Å²) >= 11 is 0. The number of benzene rings is 3. The molecule has 0 atom stereocenters. The Morgan fingerprint density at radius 2 is 1.68 bits per heavy atom. The number of amides is 2. The molecule has 1 fully saturated rings. The van der Waals surface area contributed by atoms with Crippen LogP contribution in [0, 0.1) is 5.92 Å². The van der Waals surface area contributed by atoms with Crippen molar-refractivity contribution >= 4 is 22.6 Å². The fourth-order valence-corrected chi connectivity index (χ4v) is 4.30. The van der Waals surface area contributed by atoms with E-state index in [0.29, 0.717) is 32.5 Å². The van der Waals surface area contributed by atoms with Crippen LogP contribution in [0.3, 0.4) is 0 Å². The summed E-state index contributed by atoms with van der Waals surface area (Å²) in [6, 6.07) is 21.7. The lowest BCUT2D eigenvalue weighted by Gasteiger charge is -2.31. The van der Waals surface area contributed by atoms with Crippen molar-refractivity contribution in [2.24, 2.45) is 5.92 Å². The molecule has 0 aromatic heterocycles. The molecule has 0 aliphatic carbocycles. The molecule has 4 rings (SSSR count). The van der Waals surface area contributed by atoms with Gasteiger partial charge in [-0.1, -0.05) is 54.6 Å². The van der Waals surface area contributed by atoms with E-state index < -0.39 is 0 Å². The maximum absolute atomic E-state index is 13.1. The van der Waals surface area contributed by atoms with Crippen LogP contribution in [0.1, 0.15) is 28.8 Å². The van der Waals surface area contributed by atoms with E-state index >= 15 is 0 Å². The highest BCUT2D eigenvalue weighted by atomic mass is 16.5. The van der Waals surface area contributed by atoms with Gasteiger partial charge in [-0.3, -0.25) is 9.59 Å². The van der Waals surface area contributed by atoms with Gasteiger partial charge in [-0.25, -0.2) is 0 Å².